The van der Waals surface area contributed by atoms with Crippen LogP contribution in [0.3, 0.4) is 0 Å². The Bertz CT molecular complexity index is 1640. The van der Waals surface area contributed by atoms with Gasteiger partial charge >= 0.3 is 0 Å². The SMILES string of the molecule is C=CCn1c(=NC(=O)c2ccc(S(=O)(=O)N(CC)c3ccccc3)cc2)sc2cc3c(cc21)OCCO3. The van der Waals surface area contributed by atoms with Crippen molar-refractivity contribution in [1.82, 2.24) is 4.57 Å². The van der Waals surface area contributed by atoms with E-state index in [0.29, 0.717) is 41.7 Å². The van der Waals surface area contributed by atoms with Gasteiger partial charge in [0, 0.05) is 30.8 Å². The van der Waals surface area contributed by atoms with Gasteiger partial charge in [-0.15, -0.1) is 6.58 Å². The minimum absolute atomic E-state index is 0.101. The van der Waals surface area contributed by atoms with Crippen molar-refractivity contribution in [3.05, 3.63) is 89.7 Å². The lowest BCUT2D eigenvalue weighted by Crippen LogP contribution is -2.30. The zero-order valence-electron chi connectivity index (χ0n) is 20.2. The Balaban J connectivity index is 1.48. The highest BCUT2D eigenvalue weighted by Crippen LogP contribution is 2.35. The molecule has 10 heteroatoms. The van der Waals surface area contributed by atoms with Gasteiger partial charge in [-0.1, -0.05) is 35.6 Å². The maximum atomic E-state index is 13.2. The number of para-hydroxylation sites is 1. The van der Waals surface area contributed by atoms with Crippen LogP contribution >= 0.6 is 11.3 Å². The van der Waals surface area contributed by atoms with Crippen molar-refractivity contribution in [3.63, 3.8) is 0 Å². The molecule has 1 aliphatic heterocycles. The van der Waals surface area contributed by atoms with Gasteiger partial charge in [-0.05, 0) is 43.3 Å². The minimum Gasteiger partial charge on any atom is -0.486 e. The van der Waals surface area contributed by atoms with Crippen molar-refractivity contribution in [2.75, 3.05) is 24.1 Å². The Morgan fingerprint density at radius 3 is 2.41 bits per heavy atom. The third-order valence-corrected chi connectivity index (χ3v) is 8.83. The molecule has 1 aliphatic rings. The van der Waals surface area contributed by atoms with Gasteiger partial charge in [0.1, 0.15) is 13.2 Å². The summed E-state index contributed by atoms with van der Waals surface area (Å²) in [6, 6.07) is 18.5. The van der Waals surface area contributed by atoms with Crippen molar-refractivity contribution >= 4 is 43.2 Å². The van der Waals surface area contributed by atoms with Gasteiger partial charge in [-0.25, -0.2) is 8.42 Å². The molecule has 0 aliphatic carbocycles. The number of carbonyl (C=O) groups is 1. The first-order valence-electron chi connectivity index (χ1n) is 11.7. The highest BCUT2D eigenvalue weighted by atomic mass is 32.2. The second-order valence-electron chi connectivity index (χ2n) is 8.19. The zero-order valence-corrected chi connectivity index (χ0v) is 21.8. The van der Waals surface area contributed by atoms with Crippen LogP contribution in [0.25, 0.3) is 10.2 Å². The Hall–Kier alpha value is -3.89. The summed E-state index contributed by atoms with van der Waals surface area (Å²) in [4.78, 5) is 18.0. The standard InChI is InChI=1S/C27H25N3O5S2/c1-3-14-29-22-17-23-24(35-16-15-34-23)18-25(22)36-27(29)28-26(31)19-10-12-21(13-11-19)37(32,33)30(4-2)20-8-6-5-7-9-20/h3,5-13,17-18H,1,4,14-16H2,2H3. The fourth-order valence-corrected chi connectivity index (χ4v) is 6.65. The number of amides is 1. The fraction of sp³-hybridized carbons (Fsp3) is 0.185. The maximum Gasteiger partial charge on any atom is 0.279 e. The van der Waals surface area contributed by atoms with Crippen LogP contribution < -0.4 is 18.6 Å². The number of benzene rings is 3. The lowest BCUT2D eigenvalue weighted by Gasteiger charge is -2.22. The highest BCUT2D eigenvalue weighted by molar-refractivity contribution is 7.92. The molecule has 0 saturated heterocycles. The van der Waals surface area contributed by atoms with Gasteiger partial charge in [-0.3, -0.25) is 9.10 Å². The molecule has 0 radical (unpaired) electrons. The van der Waals surface area contributed by atoms with Crippen LogP contribution in [0, 0.1) is 0 Å². The molecule has 0 saturated carbocycles. The van der Waals surface area contributed by atoms with Gasteiger partial charge in [0.05, 0.1) is 20.8 Å². The first-order valence-corrected chi connectivity index (χ1v) is 14.0. The minimum atomic E-state index is -3.79. The number of rotatable bonds is 7. The molecule has 8 nitrogen and oxygen atoms in total. The summed E-state index contributed by atoms with van der Waals surface area (Å²) >= 11 is 1.36. The average molecular weight is 536 g/mol. The molecule has 190 valence electrons. The summed E-state index contributed by atoms with van der Waals surface area (Å²) in [5, 5.41) is 0. The quantitative estimate of drug-likeness (QED) is 0.322. The number of nitrogens with zero attached hydrogens (tertiary/aromatic N) is 3. The van der Waals surface area contributed by atoms with Crippen LogP contribution in [0.1, 0.15) is 17.3 Å². The molecule has 3 aromatic carbocycles. The van der Waals surface area contributed by atoms with E-state index < -0.39 is 15.9 Å². The van der Waals surface area contributed by atoms with Crippen LogP contribution in [0.4, 0.5) is 5.69 Å². The van der Waals surface area contributed by atoms with Crippen molar-refractivity contribution in [1.29, 1.82) is 0 Å². The van der Waals surface area contributed by atoms with Crippen LogP contribution in [-0.2, 0) is 16.6 Å². The lowest BCUT2D eigenvalue weighted by atomic mass is 10.2. The Kier molecular flexibility index (Phi) is 6.86. The Labute approximate surface area is 218 Å². The molecule has 4 aromatic rings. The van der Waals surface area contributed by atoms with Gasteiger partial charge in [0.15, 0.2) is 16.3 Å². The number of ether oxygens (including phenoxy) is 2. The van der Waals surface area contributed by atoms with E-state index >= 15 is 0 Å². The molecule has 0 bridgehead atoms. The average Bonchev–Trinajstić information content (AvgIpc) is 3.24. The number of anilines is 1. The van der Waals surface area contributed by atoms with E-state index in [9.17, 15) is 13.2 Å². The predicted octanol–water partition coefficient (Wildman–Crippen LogP) is 4.62. The van der Waals surface area contributed by atoms with Crippen molar-refractivity contribution < 1.29 is 22.7 Å². The normalized spacial score (nSPS) is 13.5. The van der Waals surface area contributed by atoms with Crippen LogP contribution in [0.2, 0.25) is 0 Å². The van der Waals surface area contributed by atoms with Crippen LogP contribution in [0.15, 0.2) is 89.3 Å². The van der Waals surface area contributed by atoms with E-state index in [1.807, 2.05) is 22.8 Å². The second kappa shape index (κ2) is 10.2. The number of hydrogen-bond donors (Lipinski definition) is 0. The number of carbonyl (C=O) groups excluding carboxylic acids is 1. The number of fused-ring (bicyclic) bond motifs is 2. The fourth-order valence-electron chi connectivity index (χ4n) is 4.13. The van der Waals surface area contributed by atoms with Crippen molar-refractivity contribution in [2.24, 2.45) is 4.99 Å². The van der Waals surface area contributed by atoms with E-state index in [4.69, 9.17) is 9.47 Å². The van der Waals surface area contributed by atoms with E-state index in [0.717, 1.165) is 10.2 Å². The summed E-state index contributed by atoms with van der Waals surface area (Å²) in [5.74, 6) is 0.846. The van der Waals surface area contributed by atoms with E-state index in [-0.39, 0.29) is 17.0 Å². The molecular weight excluding hydrogens is 510 g/mol. The number of thiazole rings is 1. The molecule has 0 unspecified atom stereocenters. The molecule has 1 amide bonds. The third kappa shape index (κ3) is 4.77. The lowest BCUT2D eigenvalue weighted by molar-refractivity contribution is 0.0997. The number of allylic oxidation sites excluding steroid dienone is 1. The highest BCUT2D eigenvalue weighted by Gasteiger charge is 2.24. The number of aromatic nitrogens is 1. The molecule has 2 heterocycles. The molecule has 0 spiro atoms. The number of sulfonamides is 1. The smallest absolute Gasteiger partial charge is 0.279 e. The monoisotopic (exact) mass is 535 g/mol. The predicted molar refractivity (Wildman–Crippen MR) is 144 cm³/mol. The molecule has 37 heavy (non-hydrogen) atoms. The van der Waals surface area contributed by atoms with Gasteiger partial charge in [0.25, 0.3) is 15.9 Å². The first kappa shape index (κ1) is 24.8. The van der Waals surface area contributed by atoms with E-state index in [1.165, 1.54) is 39.9 Å². The van der Waals surface area contributed by atoms with Gasteiger partial charge in [0.2, 0.25) is 0 Å². The van der Waals surface area contributed by atoms with Gasteiger partial charge in [-0.2, -0.15) is 4.99 Å². The maximum absolute atomic E-state index is 13.2. The molecule has 0 fully saturated rings. The third-order valence-electron chi connectivity index (χ3n) is 5.88. The molecule has 5 rings (SSSR count). The van der Waals surface area contributed by atoms with Crippen LogP contribution in [0.5, 0.6) is 11.5 Å². The van der Waals surface area contributed by atoms with Crippen molar-refractivity contribution in [3.8, 4) is 11.5 Å². The van der Waals surface area contributed by atoms with E-state index in [2.05, 4.69) is 11.6 Å². The van der Waals surface area contributed by atoms with Crippen LogP contribution in [-0.4, -0.2) is 38.7 Å². The Morgan fingerprint density at radius 1 is 1.08 bits per heavy atom. The number of hydrogen-bond acceptors (Lipinski definition) is 6. The molecule has 1 aromatic heterocycles. The van der Waals surface area contributed by atoms with E-state index in [1.54, 1.807) is 37.3 Å². The summed E-state index contributed by atoms with van der Waals surface area (Å²) in [6.45, 7) is 7.29. The molecule has 0 N–H and O–H groups in total. The summed E-state index contributed by atoms with van der Waals surface area (Å²) in [6.07, 6.45) is 1.73. The topological polar surface area (TPSA) is 90.2 Å². The Morgan fingerprint density at radius 2 is 1.76 bits per heavy atom. The summed E-state index contributed by atoms with van der Waals surface area (Å²) < 4.78 is 42.0. The molecular formula is C27H25N3O5S2. The van der Waals surface area contributed by atoms with Gasteiger partial charge < -0.3 is 14.0 Å². The largest absolute Gasteiger partial charge is 0.486 e. The second-order valence-corrected chi connectivity index (χ2v) is 11.1. The van der Waals surface area contributed by atoms with Crippen molar-refractivity contribution in [2.45, 2.75) is 18.4 Å². The first-order chi connectivity index (χ1) is 17.9. The molecule has 0 atom stereocenters. The summed E-state index contributed by atoms with van der Waals surface area (Å²) in [5.41, 5.74) is 1.73. The summed E-state index contributed by atoms with van der Waals surface area (Å²) in [7, 11) is -3.79. The zero-order chi connectivity index (χ0) is 26.0.